The molecule has 0 aliphatic rings. The van der Waals surface area contributed by atoms with E-state index in [1.165, 1.54) is 22.9 Å². The van der Waals surface area contributed by atoms with E-state index in [9.17, 15) is 18.4 Å². The summed E-state index contributed by atoms with van der Waals surface area (Å²) in [6, 6.07) is 15.6. The first-order valence-corrected chi connectivity index (χ1v) is 8.45. The number of nitrogens with zero attached hydrogens (tertiary/aromatic N) is 1. The summed E-state index contributed by atoms with van der Waals surface area (Å²) >= 11 is 0. The summed E-state index contributed by atoms with van der Waals surface area (Å²) in [6.45, 7) is 1.86. The lowest BCUT2D eigenvalue weighted by Gasteiger charge is -2.15. The topological polar surface area (TPSA) is 51.1 Å². The smallest absolute Gasteiger partial charge is 0.263 e. The summed E-state index contributed by atoms with van der Waals surface area (Å²) in [6.07, 6.45) is 1.50. The molecule has 2 aromatic carbocycles. The van der Waals surface area contributed by atoms with Crippen molar-refractivity contribution in [2.45, 2.75) is 19.5 Å². The highest BCUT2D eigenvalue weighted by Crippen LogP contribution is 2.12. The summed E-state index contributed by atoms with van der Waals surface area (Å²) in [7, 11) is 0. The number of carbonyl (C=O) groups is 1. The molecule has 138 valence electrons. The van der Waals surface area contributed by atoms with Crippen LogP contribution in [-0.2, 0) is 6.54 Å². The van der Waals surface area contributed by atoms with Crippen molar-refractivity contribution in [3.8, 4) is 0 Å². The van der Waals surface area contributed by atoms with Crippen LogP contribution in [0.25, 0.3) is 0 Å². The molecule has 0 fully saturated rings. The molecule has 0 aliphatic carbocycles. The predicted molar refractivity (Wildman–Crippen MR) is 98.5 cm³/mol. The van der Waals surface area contributed by atoms with E-state index in [1.54, 1.807) is 6.07 Å². The zero-order valence-corrected chi connectivity index (χ0v) is 14.7. The fraction of sp³-hybridized carbons (Fsp3) is 0.143. The van der Waals surface area contributed by atoms with Crippen LogP contribution in [0.3, 0.4) is 0 Å². The third-order valence-electron chi connectivity index (χ3n) is 4.25. The fourth-order valence-electron chi connectivity index (χ4n) is 2.77. The van der Waals surface area contributed by atoms with Crippen molar-refractivity contribution in [2.75, 3.05) is 0 Å². The number of hydrogen-bond donors (Lipinski definition) is 1. The van der Waals surface area contributed by atoms with Crippen molar-refractivity contribution >= 4 is 5.91 Å². The highest BCUT2D eigenvalue weighted by atomic mass is 19.2. The molecule has 1 amide bonds. The molecule has 1 N–H and O–H groups in total. The van der Waals surface area contributed by atoms with Crippen molar-refractivity contribution in [3.63, 3.8) is 0 Å². The summed E-state index contributed by atoms with van der Waals surface area (Å²) in [4.78, 5) is 25.1. The lowest BCUT2D eigenvalue weighted by molar-refractivity contribution is 0.0937. The van der Waals surface area contributed by atoms with E-state index in [0.29, 0.717) is 5.56 Å². The Bertz CT molecular complexity index is 1020. The molecule has 0 saturated carbocycles. The van der Waals surface area contributed by atoms with Crippen LogP contribution >= 0.6 is 0 Å². The quantitative estimate of drug-likeness (QED) is 0.747. The van der Waals surface area contributed by atoms with E-state index in [2.05, 4.69) is 5.32 Å². The summed E-state index contributed by atoms with van der Waals surface area (Å²) in [5, 5.41) is 2.80. The van der Waals surface area contributed by atoms with Gasteiger partial charge in [0.15, 0.2) is 11.6 Å². The van der Waals surface area contributed by atoms with E-state index < -0.39 is 23.1 Å². The molecule has 0 bridgehead atoms. The zero-order chi connectivity index (χ0) is 19.4. The Kier molecular flexibility index (Phi) is 5.45. The van der Waals surface area contributed by atoms with Gasteiger partial charge in [0.25, 0.3) is 11.5 Å². The van der Waals surface area contributed by atoms with E-state index in [0.717, 1.165) is 17.7 Å². The molecular weight excluding hydrogens is 350 g/mol. The standard InChI is InChI=1S/C21H18F2N2O2/c1-14(16-6-3-2-4-7-16)24-20(26)17-8-5-11-25(21(17)27)13-15-9-10-18(22)19(23)12-15/h2-12,14H,13H2,1H3,(H,24,26). The number of nitrogens with one attached hydrogen (secondary N) is 1. The third-order valence-corrected chi connectivity index (χ3v) is 4.25. The SMILES string of the molecule is CC(NC(=O)c1cccn(Cc2ccc(F)c(F)c2)c1=O)c1ccccc1. The zero-order valence-electron chi connectivity index (χ0n) is 14.7. The number of hydrogen-bond acceptors (Lipinski definition) is 2. The Balaban J connectivity index is 1.80. The van der Waals surface area contributed by atoms with Crippen LogP contribution in [0, 0.1) is 11.6 Å². The second-order valence-corrected chi connectivity index (χ2v) is 6.21. The molecule has 0 aliphatic heterocycles. The molecule has 4 nitrogen and oxygen atoms in total. The van der Waals surface area contributed by atoms with Crippen LogP contribution in [0.1, 0.15) is 34.5 Å². The van der Waals surface area contributed by atoms with Gasteiger partial charge in [-0.15, -0.1) is 0 Å². The van der Waals surface area contributed by atoms with Gasteiger partial charge in [0.1, 0.15) is 5.56 Å². The molecule has 1 aromatic heterocycles. The van der Waals surface area contributed by atoms with Crippen molar-refractivity contribution in [1.29, 1.82) is 0 Å². The number of aromatic nitrogens is 1. The minimum atomic E-state index is -0.980. The maximum atomic E-state index is 13.4. The van der Waals surface area contributed by atoms with E-state index in [4.69, 9.17) is 0 Å². The second kappa shape index (κ2) is 7.95. The van der Waals surface area contributed by atoms with E-state index >= 15 is 0 Å². The Hall–Kier alpha value is -3.28. The molecule has 27 heavy (non-hydrogen) atoms. The van der Waals surface area contributed by atoms with Crippen LogP contribution in [0.2, 0.25) is 0 Å². The largest absolute Gasteiger partial charge is 0.345 e. The average molecular weight is 368 g/mol. The van der Waals surface area contributed by atoms with Crippen molar-refractivity contribution < 1.29 is 13.6 Å². The summed E-state index contributed by atoms with van der Waals surface area (Å²) in [5.74, 6) is -2.42. The molecule has 0 spiro atoms. The molecule has 1 heterocycles. The highest BCUT2D eigenvalue weighted by molar-refractivity contribution is 5.94. The summed E-state index contributed by atoms with van der Waals surface area (Å²) < 4.78 is 27.7. The Morgan fingerprint density at radius 3 is 2.48 bits per heavy atom. The van der Waals surface area contributed by atoms with E-state index in [1.807, 2.05) is 37.3 Å². The highest BCUT2D eigenvalue weighted by Gasteiger charge is 2.16. The number of halogens is 2. The maximum Gasteiger partial charge on any atom is 0.263 e. The van der Waals surface area contributed by atoms with Crippen LogP contribution in [0.5, 0.6) is 0 Å². The van der Waals surface area contributed by atoms with Crippen LogP contribution in [0.4, 0.5) is 8.78 Å². The van der Waals surface area contributed by atoms with Crippen molar-refractivity contribution in [1.82, 2.24) is 9.88 Å². The number of carbonyl (C=O) groups excluding carboxylic acids is 1. The molecule has 1 unspecified atom stereocenters. The third kappa shape index (κ3) is 4.28. The first kappa shape index (κ1) is 18.5. The van der Waals surface area contributed by atoms with Gasteiger partial charge in [-0.2, -0.15) is 0 Å². The van der Waals surface area contributed by atoms with Gasteiger partial charge >= 0.3 is 0 Å². The molecule has 0 saturated heterocycles. The Labute approximate surface area is 155 Å². The monoisotopic (exact) mass is 368 g/mol. The number of amides is 1. The molecule has 1 atom stereocenters. The first-order valence-electron chi connectivity index (χ1n) is 8.45. The predicted octanol–water partition coefficient (Wildman–Crippen LogP) is 3.67. The van der Waals surface area contributed by atoms with Crippen LogP contribution in [0.15, 0.2) is 71.7 Å². The Morgan fingerprint density at radius 2 is 1.78 bits per heavy atom. The van der Waals surface area contributed by atoms with Crippen LogP contribution in [-0.4, -0.2) is 10.5 Å². The van der Waals surface area contributed by atoms with Gasteiger partial charge < -0.3 is 9.88 Å². The number of rotatable bonds is 5. The van der Waals surface area contributed by atoms with Gasteiger partial charge in [-0.3, -0.25) is 9.59 Å². The molecule has 6 heteroatoms. The normalized spacial score (nSPS) is 11.8. The van der Waals surface area contributed by atoms with Crippen molar-refractivity contribution in [2.24, 2.45) is 0 Å². The van der Waals surface area contributed by atoms with Crippen LogP contribution < -0.4 is 10.9 Å². The summed E-state index contributed by atoms with van der Waals surface area (Å²) in [5.41, 5.74) is 0.831. The molecular formula is C21H18F2N2O2. The maximum absolute atomic E-state index is 13.4. The van der Waals surface area contributed by atoms with Gasteiger partial charge in [0.05, 0.1) is 12.6 Å². The van der Waals surface area contributed by atoms with Gasteiger partial charge in [-0.1, -0.05) is 36.4 Å². The average Bonchev–Trinajstić information content (AvgIpc) is 2.67. The lowest BCUT2D eigenvalue weighted by Crippen LogP contribution is -2.34. The van der Waals surface area contributed by atoms with Gasteiger partial charge in [-0.25, -0.2) is 8.78 Å². The van der Waals surface area contributed by atoms with Gasteiger partial charge in [-0.05, 0) is 42.3 Å². The lowest BCUT2D eigenvalue weighted by atomic mass is 10.1. The Morgan fingerprint density at radius 1 is 1.04 bits per heavy atom. The minimum Gasteiger partial charge on any atom is -0.345 e. The molecule has 3 aromatic rings. The van der Waals surface area contributed by atoms with Gasteiger partial charge in [0, 0.05) is 6.20 Å². The van der Waals surface area contributed by atoms with Crippen molar-refractivity contribution in [3.05, 3.63) is 106 Å². The fourth-order valence-corrected chi connectivity index (χ4v) is 2.77. The minimum absolute atomic E-state index is 0.0112. The van der Waals surface area contributed by atoms with E-state index in [-0.39, 0.29) is 18.2 Å². The number of benzene rings is 2. The molecule has 3 rings (SSSR count). The molecule has 0 radical (unpaired) electrons. The van der Waals surface area contributed by atoms with Gasteiger partial charge in [0.2, 0.25) is 0 Å². The first-order chi connectivity index (χ1) is 13.0. The number of pyridine rings is 1. The second-order valence-electron chi connectivity index (χ2n) is 6.21.